The molecule has 4 heterocycles. The summed E-state index contributed by atoms with van der Waals surface area (Å²) < 4.78 is 14.1. The third kappa shape index (κ3) is 6.70. The zero-order chi connectivity index (χ0) is 51.6. The van der Waals surface area contributed by atoms with Gasteiger partial charge in [-0.2, -0.15) is 0 Å². The van der Waals surface area contributed by atoms with Crippen LogP contribution in [0.15, 0.2) is 288 Å². The molecule has 0 fully saturated rings. The highest BCUT2D eigenvalue weighted by atomic mass is 32.3. The van der Waals surface area contributed by atoms with Crippen LogP contribution < -0.4 is 35.7 Å². The van der Waals surface area contributed by atoms with Gasteiger partial charge in [0.25, 0.3) is 6.71 Å². The molecule has 4 aliphatic rings. The lowest BCUT2D eigenvalue weighted by atomic mass is 9.35. The first-order valence-electron chi connectivity index (χ1n) is 26.5. The molecule has 0 aromatic heterocycles. The third-order valence-corrected chi connectivity index (χ3v) is 23.9. The number of hydrogen-bond donors (Lipinski definition) is 0. The quantitative estimate of drug-likeness (QED) is 0.155. The molecule has 77 heavy (non-hydrogen) atoms. The maximum atomic E-state index is 7.07. The van der Waals surface area contributed by atoms with Crippen molar-refractivity contribution in [2.24, 2.45) is 0 Å². The monoisotopic (exact) mass is 1030 g/mol. The molecule has 0 N–H and O–H groups in total. The smallest absolute Gasteiger partial charge is 0.260 e. The van der Waals surface area contributed by atoms with E-state index in [9.17, 15) is 0 Å². The summed E-state index contributed by atoms with van der Waals surface area (Å²) in [4.78, 5) is 15.5. The Kier molecular flexibility index (Phi) is 10.4. The highest BCUT2D eigenvalue weighted by Gasteiger charge is 2.46. The Morgan fingerprint density at radius 3 is 0.922 bits per heavy atom. The van der Waals surface area contributed by atoms with Crippen LogP contribution in [0.1, 0.15) is 22.3 Å². The summed E-state index contributed by atoms with van der Waals surface area (Å²) >= 11 is 0. The fourth-order valence-corrected chi connectivity index (χ4v) is 21.4. The van der Waals surface area contributed by atoms with E-state index in [1.165, 1.54) is 84.2 Å². The minimum Gasteiger partial charge on any atom is -0.458 e. The van der Waals surface area contributed by atoms with E-state index in [0.717, 1.165) is 50.8 Å². The summed E-state index contributed by atoms with van der Waals surface area (Å²) in [5, 5.41) is 0. The Morgan fingerprint density at radius 2 is 0.610 bits per heavy atom. The first kappa shape index (κ1) is 45.7. The lowest BCUT2D eigenvalue weighted by molar-refractivity contribution is 0.464. The molecule has 0 atom stereocenters. The number of anilines is 6. The van der Waals surface area contributed by atoms with Crippen LogP contribution in [0.5, 0.6) is 23.0 Å². The zero-order valence-corrected chi connectivity index (χ0v) is 44.9. The van der Waals surface area contributed by atoms with Gasteiger partial charge in [0.2, 0.25) is 0 Å². The van der Waals surface area contributed by atoms with Gasteiger partial charge in [-0.25, -0.2) is 0 Å². The standard InChI is InChI=1S/C70H53BN2O2S2/c1-46-28-36-58-66(40-46)76(52-18-9-5-10-19-52,53-20-11-6-12-21-53)67-41-47(2)29-37-59(67)72(58)50-32-34-56-64(44-50)74-62-26-17-27-63-70(62)71(56)57-35-33-51(45-65(57)75-63)73-60-38-30-48(3)42-68(60)77(54-22-13-7-14-23-54,55-24-15-8-16-25-55)69-43-49(4)31-39-61(69)73/h5-45H,1-4H3. The molecular formula is C70H53BN2O2S2. The van der Waals surface area contributed by atoms with Gasteiger partial charge in [0.1, 0.15) is 23.0 Å². The van der Waals surface area contributed by atoms with Gasteiger partial charge in [-0.05, 0) is 182 Å². The molecule has 4 aliphatic heterocycles. The van der Waals surface area contributed by atoms with Crippen LogP contribution in [0.25, 0.3) is 0 Å². The fourth-order valence-electron chi connectivity index (χ4n) is 12.7. The van der Waals surface area contributed by atoms with E-state index in [4.69, 9.17) is 9.47 Å². The van der Waals surface area contributed by atoms with Gasteiger partial charge >= 0.3 is 0 Å². The van der Waals surface area contributed by atoms with E-state index in [0.29, 0.717) is 0 Å². The summed E-state index contributed by atoms with van der Waals surface area (Å²) in [6.07, 6.45) is 0. The number of aryl methyl sites for hydroxylation is 4. The van der Waals surface area contributed by atoms with Crippen molar-refractivity contribution in [3.8, 4) is 23.0 Å². The second-order valence-corrected chi connectivity index (χ2v) is 26.9. The van der Waals surface area contributed by atoms with Crippen molar-refractivity contribution in [1.29, 1.82) is 0 Å². The molecule has 0 saturated carbocycles. The van der Waals surface area contributed by atoms with Crippen molar-refractivity contribution in [3.63, 3.8) is 0 Å². The Morgan fingerprint density at radius 1 is 0.299 bits per heavy atom. The van der Waals surface area contributed by atoms with Gasteiger partial charge in [0.15, 0.2) is 0 Å². The number of hydrogen-bond acceptors (Lipinski definition) is 4. The maximum Gasteiger partial charge on any atom is 0.260 e. The van der Waals surface area contributed by atoms with Gasteiger partial charge in [0, 0.05) is 68.1 Å². The van der Waals surface area contributed by atoms with Crippen LogP contribution in [-0.2, 0) is 0 Å². The molecule has 4 nitrogen and oxygen atoms in total. The summed E-state index contributed by atoms with van der Waals surface area (Å²) in [7, 11) is -3.86. The highest BCUT2D eigenvalue weighted by molar-refractivity contribution is 8.34. The molecule has 11 aromatic carbocycles. The second-order valence-electron chi connectivity index (χ2n) is 20.8. The van der Waals surface area contributed by atoms with Gasteiger partial charge in [-0.3, -0.25) is 0 Å². The molecule has 0 amide bonds. The molecule has 0 unspecified atom stereocenters. The van der Waals surface area contributed by atoms with Crippen LogP contribution in [0.3, 0.4) is 0 Å². The molecule has 7 heteroatoms. The maximum absolute atomic E-state index is 7.07. The Balaban J connectivity index is 0.886. The lowest BCUT2D eigenvalue weighted by Crippen LogP contribution is -2.57. The van der Waals surface area contributed by atoms with Crippen molar-refractivity contribution in [2.45, 2.75) is 66.9 Å². The molecule has 0 radical (unpaired) electrons. The predicted octanol–water partition coefficient (Wildman–Crippen LogP) is 17.9. The van der Waals surface area contributed by atoms with E-state index in [1.807, 2.05) is 0 Å². The van der Waals surface area contributed by atoms with Crippen molar-refractivity contribution in [1.82, 2.24) is 0 Å². The normalized spacial score (nSPS) is 15.4. The minimum absolute atomic E-state index is 0.115. The van der Waals surface area contributed by atoms with Crippen LogP contribution in [0.2, 0.25) is 0 Å². The Labute approximate surface area is 454 Å². The predicted molar refractivity (Wildman–Crippen MR) is 320 cm³/mol. The van der Waals surface area contributed by atoms with Gasteiger partial charge < -0.3 is 19.3 Å². The Bertz CT molecular complexity index is 3730. The van der Waals surface area contributed by atoms with E-state index >= 15 is 0 Å². The number of rotatable bonds is 6. The van der Waals surface area contributed by atoms with Gasteiger partial charge in [0.05, 0.1) is 22.7 Å². The fraction of sp³-hybridized carbons (Fsp3) is 0.0571. The van der Waals surface area contributed by atoms with Crippen molar-refractivity contribution >= 4 is 77.3 Å². The van der Waals surface area contributed by atoms with Crippen LogP contribution in [0.4, 0.5) is 34.1 Å². The molecule has 0 aliphatic carbocycles. The van der Waals surface area contributed by atoms with E-state index in [2.05, 4.69) is 286 Å². The molecule has 15 rings (SSSR count). The van der Waals surface area contributed by atoms with Crippen molar-refractivity contribution < 1.29 is 9.47 Å². The average molecular weight is 1030 g/mol. The zero-order valence-electron chi connectivity index (χ0n) is 43.3. The molecular weight excluding hydrogens is 976 g/mol. The first-order valence-corrected chi connectivity index (χ1v) is 29.7. The van der Waals surface area contributed by atoms with Crippen LogP contribution in [-0.4, -0.2) is 6.71 Å². The molecule has 0 spiro atoms. The average Bonchev–Trinajstić information content (AvgIpc) is 3.62. The number of fused-ring (bicyclic) bond motifs is 8. The summed E-state index contributed by atoms with van der Waals surface area (Å²) in [6.45, 7) is 8.77. The van der Waals surface area contributed by atoms with Gasteiger partial charge in [-0.15, -0.1) is 20.1 Å². The topological polar surface area (TPSA) is 24.9 Å². The molecule has 0 saturated heterocycles. The molecule has 370 valence electrons. The van der Waals surface area contributed by atoms with Crippen LogP contribution >= 0.6 is 20.1 Å². The summed E-state index contributed by atoms with van der Waals surface area (Å²) in [5.74, 6) is 3.33. The third-order valence-electron chi connectivity index (χ3n) is 16.0. The molecule has 11 aromatic rings. The summed E-state index contributed by atoms with van der Waals surface area (Å²) in [5.41, 5.74) is 15.0. The lowest BCUT2D eigenvalue weighted by Gasteiger charge is -2.50. The number of nitrogens with zero attached hydrogens (tertiary/aromatic N) is 2. The largest absolute Gasteiger partial charge is 0.458 e. The first-order chi connectivity index (χ1) is 37.8. The SMILES string of the molecule is Cc1ccc2c(c1)S(c1ccccc1)(c1ccccc1)c1cc(C)ccc1N2c1ccc2c(c1)Oc1cccc3c1B2c1ccc(N2c4ccc(C)cc4S(c4ccccc4)(c4ccccc4)c4cc(C)ccc42)cc1O3. The van der Waals surface area contributed by atoms with E-state index < -0.39 is 20.1 Å². The van der Waals surface area contributed by atoms with Crippen molar-refractivity contribution in [3.05, 3.63) is 271 Å². The van der Waals surface area contributed by atoms with Gasteiger partial charge in [-0.1, -0.05) is 115 Å². The number of ether oxygens (including phenoxy) is 2. The second kappa shape index (κ2) is 17.5. The van der Waals surface area contributed by atoms with E-state index in [-0.39, 0.29) is 6.71 Å². The minimum atomic E-state index is -1.93. The van der Waals surface area contributed by atoms with Crippen LogP contribution in [0, 0.1) is 27.7 Å². The Hall–Kier alpha value is -8.62. The molecule has 0 bridgehead atoms. The highest BCUT2D eigenvalue weighted by Crippen LogP contribution is 2.81. The summed E-state index contributed by atoms with van der Waals surface area (Å²) in [6, 6.07) is 92.9. The number of benzene rings is 11. The van der Waals surface area contributed by atoms with Crippen molar-refractivity contribution in [2.75, 3.05) is 9.80 Å². The van der Waals surface area contributed by atoms with E-state index in [1.54, 1.807) is 0 Å².